The van der Waals surface area contributed by atoms with Crippen LogP contribution in [0.25, 0.3) is 10.6 Å². The summed E-state index contributed by atoms with van der Waals surface area (Å²) in [6.07, 6.45) is 1.70. The van der Waals surface area contributed by atoms with E-state index in [9.17, 15) is 13.2 Å². The highest BCUT2D eigenvalue weighted by Crippen LogP contribution is 2.31. The van der Waals surface area contributed by atoms with Gasteiger partial charge in [0.15, 0.2) is 5.13 Å². The Bertz CT molecular complexity index is 1390. The van der Waals surface area contributed by atoms with Crippen molar-refractivity contribution in [3.8, 4) is 10.6 Å². The van der Waals surface area contributed by atoms with E-state index < -0.39 is 15.9 Å². The van der Waals surface area contributed by atoms with Crippen LogP contribution in [0, 0.1) is 13.8 Å². The smallest absolute Gasteiger partial charge is 0.257 e. The molecule has 7 nitrogen and oxygen atoms in total. The molecule has 2 aromatic carbocycles. The summed E-state index contributed by atoms with van der Waals surface area (Å²) >= 11 is 1.32. The van der Waals surface area contributed by atoms with Crippen LogP contribution in [0.4, 0.5) is 5.13 Å². The van der Waals surface area contributed by atoms with Crippen molar-refractivity contribution in [2.24, 2.45) is 0 Å². The average Bonchev–Trinajstić information content (AvgIpc) is 3.19. The predicted octanol–water partition coefficient (Wildman–Crippen LogP) is 4.55. The maximum absolute atomic E-state index is 13.0. The van der Waals surface area contributed by atoms with Crippen LogP contribution in [0.1, 0.15) is 27.2 Å². The van der Waals surface area contributed by atoms with Crippen molar-refractivity contribution in [1.29, 1.82) is 0 Å². The molecule has 0 aliphatic carbocycles. The molecule has 1 amide bonds. The van der Waals surface area contributed by atoms with Gasteiger partial charge in [-0.15, -0.1) is 0 Å². The summed E-state index contributed by atoms with van der Waals surface area (Å²) in [5.74, 6) is -0.422. The zero-order valence-electron chi connectivity index (χ0n) is 18.1. The van der Waals surface area contributed by atoms with Crippen molar-refractivity contribution < 1.29 is 13.2 Å². The van der Waals surface area contributed by atoms with Crippen LogP contribution < -0.4 is 10.0 Å². The molecule has 4 aromatic rings. The van der Waals surface area contributed by atoms with Crippen LogP contribution in [0.2, 0.25) is 0 Å². The van der Waals surface area contributed by atoms with E-state index in [2.05, 4.69) is 20.0 Å². The number of aryl methyl sites for hydroxylation is 2. The van der Waals surface area contributed by atoms with Gasteiger partial charge in [0, 0.05) is 18.3 Å². The summed E-state index contributed by atoms with van der Waals surface area (Å²) in [5.41, 5.74) is 3.31. The Morgan fingerprint density at radius 2 is 1.76 bits per heavy atom. The van der Waals surface area contributed by atoms with Gasteiger partial charge in [0.2, 0.25) is 10.0 Å². The van der Waals surface area contributed by atoms with Crippen molar-refractivity contribution >= 4 is 32.4 Å². The van der Waals surface area contributed by atoms with Crippen LogP contribution >= 0.6 is 11.3 Å². The number of hydrogen-bond donors (Lipinski definition) is 2. The van der Waals surface area contributed by atoms with Crippen LogP contribution in [0.5, 0.6) is 0 Å². The lowest BCUT2D eigenvalue weighted by Crippen LogP contribution is -2.24. The molecule has 0 radical (unpaired) electrons. The van der Waals surface area contributed by atoms with Crippen molar-refractivity contribution in [3.05, 3.63) is 95.3 Å². The maximum Gasteiger partial charge on any atom is 0.257 e. The first-order valence-corrected chi connectivity index (χ1v) is 12.5. The molecule has 2 heterocycles. The molecule has 33 heavy (non-hydrogen) atoms. The fourth-order valence-corrected chi connectivity index (χ4v) is 5.20. The van der Waals surface area contributed by atoms with Gasteiger partial charge in [0.1, 0.15) is 0 Å². The SMILES string of the molecule is Cc1ccc(S(=O)(=O)NCc2ccccc2)cc1C(=O)Nc1nc(C)c(-c2ccccn2)s1. The molecule has 0 atom stereocenters. The predicted molar refractivity (Wildman–Crippen MR) is 130 cm³/mol. The third-order valence-corrected chi connectivity index (χ3v) is 7.48. The van der Waals surface area contributed by atoms with Gasteiger partial charge in [-0.3, -0.25) is 15.1 Å². The zero-order chi connectivity index (χ0) is 23.4. The van der Waals surface area contributed by atoms with Crippen LogP contribution in [0.3, 0.4) is 0 Å². The number of benzene rings is 2. The number of hydrogen-bond acceptors (Lipinski definition) is 6. The first-order chi connectivity index (χ1) is 15.8. The molecule has 168 valence electrons. The highest BCUT2D eigenvalue weighted by atomic mass is 32.2. The summed E-state index contributed by atoms with van der Waals surface area (Å²) < 4.78 is 28.2. The topological polar surface area (TPSA) is 101 Å². The molecule has 0 fully saturated rings. The van der Waals surface area contributed by atoms with Crippen LogP contribution in [-0.4, -0.2) is 24.3 Å². The van der Waals surface area contributed by atoms with Gasteiger partial charge >= 0.3 is 0 Å². The molecule has 0 spiro atoms. The number of nitrogens with zero attached hydrogens (tertiary/aromatic N) is 2. The number of carbonyl (C=O) groups excluding carboxylic acids is 1. The molecular weight excluding hydrogens is 456 g/mol. The number of thiazole rings is 1. The molecular formula is C24H22N4O3S2. The molecule has 0 saturated heterocycles. The van der Waals surface area contributed by atoms with E-state index in [0.29, 0.717) is 10.7 Å². The van der Waals surface area contributed by atoms with Crippen molar-refractivity contribution in [2.45, 2.75) is 25.3 Å². The molecule has 0 aliphatic heterocycles. The lowest BCUT2D eigenvalue weighted by atomic mass is 10.1. The Hall–Kier alpha value is -3.40. The minimum absolute atomic E-state index is 0.0266. The summed E-state index contributed by atoms with van der Waals surface area (Å²) in [6.45, 7) is 3.77. The Kier molecular flexibility index (Phi) is 6.64. The second-order valence-corrected chi connectivity index (χ2v) is 10.2. The molecule has 0 aliphatic rings. The number of sulfonamides is 1. The lowest BCUT2D eigenvalue weighted by Gasteiger charge is -2.10. The quantitative estimate of drug-likeness (QED) is 0.406. The Labute approximate surface area is 196 Å². The van der Waals surface area contributed by atoms with Gasteiger partial charge in [-0.1, -0.05) is 53.8 Å². The molecule has 0 bridgehead atoms. The molecule has 2 aromatic heterocycles. The molecule has 2 N–H and O–H groups in total. The highest BCUT2D eigenvalue weighted by Gasteiger charge is 2.19. The standard InChI is InChI=1S/C24H22N4O3S2/c1-16-11-12-19(33(30,31)26-15-18-8-4-3-5-9-18)14-20(16)23(29)28-24-27-17(2)22(32-24)21-10-6-7-13-25-21/h3-14,26H,15H2,1-2H3,(H,27,28,29). The summed E-state index contributed by atoms with van der Waals surface area (Å²) in [4.78, 5) is 22.6. The Balaban J connectivity index is 1.53. The molecule has 0 unspecified atom stereocenters. The van der Waals surface area contributed by atoms with Gasteiger partial charge in [-0.05, 0) is 49.2 Å². The summed E-state index contributed by atoms with van der Waals surface area (Å²) in [5, 5.41) is 3.22. The number of carbonyl (C=O) groups is 1. The second-order valence-electron chi connectivity index (χ2n) is 7.39. The van der Waals surface area contributed by atoms with Gasteiger partial charge < -0.3 is 0 Å². The van der Waals surface area contributed by atoms with Crippen molar-refractivity contribution in [1.82, 2.24) is 14.7 Å². The van der Waals surface area contributed by atoms with E-state index in [1.54, 1.807) is 19.2 Å². The summed E-state index contributed by atoms with van der Waals surface area (Å²) in [7, 11) is -3.79. The fraction of sp³-hybridized carbons (Fsp3) is 0.125. The Morgan fingerprint density at radius 1 is 1.00 bits per heavy atom. The third kappa shape index (κ3) is 5.33. The zero-order valence-corrected chi connectivity index (χ0v) is 19.7. The monoisotopic (exact) mass is 478 g/mol. The number of rotatable bonds is 7. The van der Waals surface area contributed by atoms with E-state index in [1.807, 2.05) is 55.5 Å². The molecule has 0 saturated carbocycles. The largest absolute Gasteiger partial charge is 0.298 e. The van der Waals surface area contributed by atoms with Crippen LogP contribution in [-0.2, 0) is 16.6 Å². The van der Waals surface area contributed by atoms with Gasteiger partial charge in [-0.2, -0.15) is 0 Å². The van der Waals surface area contributed by atoms with E-state index >= 15 is 0 Å². The number of aromatic nitrogens is 2. The normalized spacial score (nSPS) is 11.3. The van der Waals surface area contributed by atoms with Crippen LogP contribution in [0.15, 0.2) is 77.8 Å². The van der Waals surface area contributed by atoms with Gasteiger partial charge in [0.25, 0.3) is 5.91 Å². The lowest BCUT2D eigenvalue weighted by molar-refractivity contribution is 0.102. The summed E-state index contributed by atoms with van der Waals surface area (Å²) in [6, 6.07) is 19.3. The van der Waals surface area contributed by atoms with Crippen molar-refractivity contribution in [3.63, 3.8) is 0 Å². The maximum atomic E-state index is 13.0. The first-order valence-electron chi connectivity index (χ1n) is 10.2. The van der Waals surface area contributed by atoms with Crippen molar-refractivity contribution in [2.75, 3.05) is 5.32 Å². The Morgan fingerprint density at radius 3 is 2.48 bits per heavy atom. The first kappa shape index (κ1) is 22.8. The highest BCUT2D eigenvalue weighted by molar-refractivity contribution is 7.89. The third-order valence-electron chi connectivity index (χ3n) is 4.99. The van der Waals surface area contributed by atoms with E-state index in [1.165, 1.54) is 23.5 Å². The average molecular weight is 479 g/mol. The minimum Gasteiger partial charge on any atom is -0.298 e. The number of pyridine rings is 1. The van der Waals surface area contributed by atoms with E-state index in [4.69, 9.17) is 0 Å². The van der Waals surface area contributed by atoms with E-state index in [-0.39, 0.29) is 17.0 Å². The minimum atomic E-state index is -3.79. The van der Waals surface area contributed by atoms with Gasteiger partial charge in [-0.25, -0.2) is 18.1 Å². The number of nitrogens with one attached hydrogen (secondary N) is 2. The van der Waals surface area contributed by atoms with Gasteiger partial charge in [0.05, 0.1) is 21.2 Å². The molecule has 9 heteroatoms. The number of amides is 1. The van der Waals surface area contributed by atoms with E-state index in [0.717, 1.165) is 21.8 Å². The fourth-order valence-electron chi connectivity index (χ4n) is 3.22. The molecule has 4 rings (SSSR count). The number of anilines is 1. The second kappa shape index (κ2) is 9.62.